The van der Waals surface area contributed by atoms with Gasteiger partial charge >= 0.3 is 12.1 Å². The summed E-state index contributed by atoms with van der Waals surface area (Å²) >= 11 is 0. The molecule has 0 aliphatic carbocycles. The van der Waals surface area contributed by atoms with Gasteiger partial charge in [-0.1, -0.05) is 30.3 Å². The average molecular weight is 292 g/mol. The first-order valence-corrected chi connectivity index (χ1v) is 6.92. The third-order valence-corrected chi connectivity index (χ3v) is 3.53. The molecule has 1 aromatic rings. The fraction of sp³-hybridized carbons (Fsp3) is 0.467. The Balaban J connectivity index is 1.98. The van der Waals surface area contributed by atoms with E-state index in [0.717, 1.165) is 5.56 Å². The highest BCUT2D eigenvalue weighted by atomic mass is 16.6. The van der Waals surface area contributed by atoms with Gasteiger partial charge in [0.05, 0.1) is 7.11 Å². The summed E-state index contributed by atoms with van der Waals surface area (Å²) in [5, 5.41) is 0. The minimum atomic E-state index is -0.613. The molecule has 0 aromatic heterocycles. The van der Waals surface area contributed by atoms with Crippen molar-refractivity contribution in [3.8, 4) is 0 Å². The van der Waals surface area contributed by atoms with Crippen LogP contribution in [0.1, 0.15) is 18.4 Å². The van der Waals surface area contributed by atoms with Crippen LogP contribution in [-0.2, 0) is 20.9 Å². The number of likely N-dealkylation sites (tertiary alicyclic amines) is 1. The van der Waals surface area contributed by atoms with Crippen LogP contribution in [-0.4, -0.2) is 42.7 Å². The molecule has 1 saturated heterocycles. The number of nitrogens with two attached hydrogens (primary N) is 1. The largest absolute Gasteiger partial charge is 0.467 e. The molecule has 1 amide bonds. The van der Waals surface area contributed by atoms with Gasteiger partial charge in [-0.15, -0.1) is 0 Å². The van der Waals surface area contributed by atoms with Crippen LogP contribution in [0.2, 0.25) is 0 Å². The number of rotatable bonds is 3. The van der Waals surface area contributed by atoms with E-state index >= 15 is 0 Å². The van der Waals surface area contributed by atoms with Crippen molar-refractivity contribution < 1.29 is 19.1 Å². The molecular weight excluding hydrogens is 272 g/mol. The Hall–Kier alpha value is -2.08. The summed E-state index contributed by atoms with van der Waals surface area (Å²) in [6, 6.07) is 8.62. The van der Waals surface area contributed by atoms with Crippen LogP contribution in [0.3, 0.4) is 0 Å². The fourth-order valence-corrected chi connectivity index (χ4v) is 2.38. The predicted octanol–water partition coefficient (Wildman–Crippen LogP) is 1.29. The van der Waals surface area contributed by atoms with Crippen molar-refractivity contribution in [1.29, 1.82) is 0 Å². The second-order valence-electron chi connectivity index (χ2n) is 5.07. The number of benzene rings is 1. The molecule has 2 atom stereocenters. The van der Waals surface area contributed by atoms with Crippen molar-refractivity contribution in [1.82, 2.24) is 4.90 Å². The number of piperidine rings is 1. The fourth-order valence-electron chi connectivity index (χ4n) is 2.38. The van der Waals surface area contributed by atoms with Gasteiger partial charge in [0.1, 0.15) is 12.6 Å². The Kier molecular flexibility index (Phi) is 5.16. The number of carbonyl (C=O) groups is 2. The number of amides is 1. The topological polar surface area (TPSA) is 81.9 Å². The second kappa shape index (κ2) is 7.08. The van der Waals surface area contributed by atoms with Crippen LogP contribution in [0.5, 0.6) is 0 Å². The third kappa shape index (κ3) is 3.95. The van der Waals surface area contributed by atoms with E-state index in [0.29, 0.717) is 19.4 Å². The maximum atomic E-state index is 12.2. The van der Waals surface area contributed by atoms with Gasteiger partial charge in [-0.3, -0.25) is 4.90 Å². The first kappa shape index (κ1) is 15.3. The molecule has 0 radical (unpaired) electrons. The Morgan fingerprint density at radius 1 is 1.29 bits per heavy atom. The lowest BCUT2D eigenvalue weighted by atomic mass is 9.99. The van der Waals surface area contributed by atoms with E-state index in [4.69, 9.17) is 15.2 Å². The molecule has 0 unspecified atom stereocenters. The van der Waals surface area contributed by atoms with Crippen molar-refractivity contribution in [3.05, 3.63) is 35.9 Å². The molecule has 1 aliphatic heterocycles. The molecule has 0 spiro atoms. The highest BCUT2D eigenvalue weighted by Crippen LogP contribution is 2.19. The summed E-state index contributed by atoms with van der Waals surface area (Å²) in [5.41, 5.74) is 6.76. The third-order valence-electron chi connectivity index (χ3n) is 3.53. The van der Waals surface area contributed by atoms with Crippen molar-refractivity contribution in [2.75, 3.05) is 13.7 Å². The van der Waals surface area contributed by atoms with Gasteiger partial charge in [-0.2, -0.15) is 0 Å². The molecule has 2 N–H and O–H groups in total. The van der Waals surface area contributed by atoms with Gasteiger partial charge in [0.2, 0.25) is 0 Å². The molecule has 21 heavy (non-hydrogen) atoms. The van der Waals surface area contributed by atoms with E-state index in [1.165, 1.54) is 12.0 Å². The van der Waals surface area contributed by atoms with Crippen molar-refractivity contribution >= 4 is 12.1 Å². The Bertz CT molecular complexity index is 492. The number of nitrogens with zero attached hydrogens (tertiary/aromatic N) is 1. The molecule has 0 saturated carbocycles. The lowest BCUT2D eigenvalue weighted by Gasteiger charge is -2.35. The lowest BCUT2D eigenvalue weighted by molar-refractivity contribution is -0.147. The van der Waals surface area contributed by atoms with Crippen molar-refractivity contribution in [2.45, 2.75) is 31.5 Å². The molecule has 1 aliphatic rings. The summed E-state index contributed by atoms with van der Waals surface area (Å²) in [6.07, 6.45) is 0.640. The standard InChI is InChI=1S/C15H20N2O4/c1-20-14(18)13-8-7-12(16)9-17(13)15(19)21-10-11-5-3-2-4-6-11/h2-6,12-13H,7-10,16H2,1H3/t12-,13+/m1/s1. The highest BCUT2D eigenvalue weighted by molar-refractivity contribution is 5.81. The molecule has 114 valence electrons. The number of hydrogen-bond acceptors (Lipinski definition) is 5. The van der Waals surface area contributed by atoms with Crippen LogP contribution >= 0.6 is 0 Å². The van der Waals surface area contributed by atoms with E-state index in [2.05, 4.69) is 0 Å². The van der Waals surface area contributed by atoms with Crippen molar-refractivity contribution in [2.24, 2.45) is 5.73 Å². The minimum Gasteiger partial charge on any atom is -0.467 e. The summed E-state index contributed by atoms with van der Waals surface area (Å²) in [4.78, 5) is 25.3. The maximum absolute atomic E-state index is 12.2. The smallest absolute Gasteiger partial charge is 0.410 e. The molecule has 2 rings (SSSR count). The molecule has 1 heterocycles. The molecule has 1 aromatic carbocycles. The van der Waals surface area contributed by atoms with Gasteiger partial charge in [0, 0.05) is 12.6 Å². The number of methoxy groups -OCH3 is 1. The Morgan fingerprint density at radius 2 is 2.00 bits per heavy atom. The van der Waals surface area contributed by atoms with Gasteiger partial charge in [0.15, 0.2) is 0 Å². The summed E-state index contributed by atoms with van der Waals surface area (Å²) in [5.74, 6) is -0.432. The minimum absolute atomic E-state index is 0.143. The number of carbonyl (C=O) groups excluding carboxylic acids is 2. The zero-order valence-electron chi connectivity index (χ0n) is 12.0. The lowest BCUT2D eigenvalue weighted by Crippen LogP contribution is -2.54. The van der Waals surface area contributed by atoms with Gasteiger partial charge < -0.3 is 15.2 Å². The van der Waals surface area contributed by atoms with Gasteiger partial charge in [0.25, 0.3) is 0 Å². The summed E-state index contributed by atoms with van der Waals surface area (Å²) in [7, 11) is 1.31. The van der Waals surface area contributed by atoms with Crippen LogP contribution in [0, 0.1) is 0 Å². The van der Waals surface area contributed by atoms with E-state index in [1.807, 2.05) is 30.3 Å². The normalized spacial score (nSPS) is 21.7. The van der Waals surface area contributed by atoms with Crippen molar-refractivity contribution in [3.63, 3.8) is 0 Å². The van der Waals surface area contributed by atoms with Crippen LogP contribution < -0.4 is 5.73 Å². The van der Waals surface area contributed by atoms with Crippen LogP contribution in [0.15, 0.2) is 30.3 Å². The highest BCUT2D eigenvalue weighted by Gasteiger charge is 2.36. The molecule has 6 heteroatoms. The zero-order chi connectivity index (χ0) is 15.2. The second-order valence-corrected chi connectivity index (χ2v) is 5.07. The number of ether oxygens (including phenoxy) is 2. The molecule has 1 fully saturated rings. The van der Waals surface area contributed by atoms with E-state index in [1.54, 1.807) is 0 Å². The Morgan fingerprint density at radius 3 is 2.67 bits per heavy atom. The average Bonchev–Trinajstić information content (AvgIpc) is 2.52. The number of hydrogen-bond donors (Lipinski definition) is 1. The summed E-state index contributed by atoms with van der Waals surface area (Å²) in [6.45, 7) is 0.465. The quantitative estimate of drug-likeness (QED) is 0.849. The van der Waals surface area contributed by atoms with Gasteiger partial charge in [-0.05, 0) is 18.4 Å². The first-order valence-electron chi connectivity index (χ1n) is 6.92. The monoisotopic (exact) mass is 292 g/mol. The summed E-state index contributed by atoms with van der Waals surface area (Å²) < 4.78 is 10.0. The molecular formula is C15H20N2O4. The van der Waals surface area contributed by atoms with E-state index in [9.17, 15) is 9.59 Å². The molecule has 6 nitrogen and oxygen atoms in total. The van der Waals surface area contributed by atoms with Crippen LogP contribution in [0.4, 0.5) is 4.79 Å². The molecule has 0 bridgehead atoms. The van der Waals surface area contributed by atoms with E-state index < -0.39 is 18.1 Å². The van der Waals surface area contributed by atoms with Gasteiger partial charge in [-0.25, -0.2) is 9.59 Å². The predicted molar refractivity (Wildman–Crippen MR) is 76.3 cm³/mol. The first-order chi connectivity index (χ1) is 10.1. The zero-order valence-corrected chi connectivity index (χ0v) is 12.0. The van der Waals surface area contributed by atoms with E-state index in [-0.39, 0.29) is 12.6 Å². The maximum Gasteiger partial charge on any atom is 0.410 e. The van der Waals surface area contributed by atoms with Crippen LogP contribution in [0.25, 0.3) is 0 Å². The Labute approximate surface area is 123 Å². The number of esters is 1. The SMILES string of the molecule is COC(=O)[C@@H]1CC[C@@H](N)CN1C(=O)OCc1ccccc1.